The Kier molecular flexibility index (Phi) is 7.71. The summed E-state index contributed by atoms with van der Waals surface area (Å²) in [5, 5.41) is 0. The molecule has 2 aliphatic carbocycles. The van der Waals surface area contributed by atoms with Crippen LogP contribution >= 0.6 is 0 Å². The predicted molar refractivity (Wildman–Crippen MR) is 133 cm³/mol. The van der Waals surface area contributed by atoms with E-state index in [1.807, 2.05) is 26.2 Å². The van der Waals surface area contributed by atoms with Gasteiger partial charge in [0, 0.05) is 30.1 Å². The Hall–Kier alpha value is -2.40. The van der Waals surface area contributed by atoms with Crippen LogP contribution in [-0.4, -0.2) is 10.7 Å². The molecule has 0 N–H and O–H groups in total. The standard InChI is InChI=1S/C27H32N2.C2H6/c1-5-13-27(29-19(3)4)25-10-8-7-9-22(25)15-23-12-11-21(16-26(23)27)24-14-20(6-2)17-28-18-24;1-2/h1,11-12,14,16-18,22,25H,6-10,13,15H2,2-4H3;1-2H3/t22-,25?,27?;/m0./s1. The number of hydrogen-bond donors (Lipinski definition) is 0. The van der Waals surface area contributed by atoms with Gasteiger partial charge in [0.2, 0.25) is 0 Å². The molecule has 1 aromatic carbocycles. The molecule has 2 aromatic rings. The summed E-state index contributed by atoms with van der Waals surface area (Å²) >= 11 is 0. The topological polar surface area (TPSA) is 25.2 Å². The molecule has 31 heavy (non-hydrogen) atoms. The van der Waals surface area contributed by atoms with Gasteiger partial charge in [0.25, 0.3) is 0 Å². The van der Waals surface area contributed by atoms with E-state index in [9.17, 15) is 0 Å². The lowest BCUT2D eigenvalue weighted by Gasteiger charge is -2.49. The van der Waals surface area contributed by atoms with Crippen molar-refractivity contribution in [3.63, 3.8) is 0 Å². The monoisotopic (exact) mass is 414 g/mol. The van der Waals surface area contributed by atoms with E-state index in [-0.39, 0.29) is 5.54 Å². The van der Waals surface area contributed by atoms with Gasteiger partial charge < -0.3 is 0 Å². The molecule has 2 heteroatoms. The molecule has 0 radical (unpaired) electrons. The summed E-state index contributed by atoms with van der Waals surface area (Å²) in [5.41, 5.74) is 7.33. The quantitative estimate of drug-likeness (QED) is 0.378. The van der Waals surface area contributed by atoms with Crippen LogP contribution in [0.15, 0.2) is 41.7 Å². The lowest BCUT2D eigenvalue weighted by atomic mass is 9.58. The zero-order valence-corrected chi connectivity index (χ0v) is 20.0. The number of nitrogens with zero attached hydrogens (tertiary/aromatic N) is 2. The first-order chi connectivity index (χ1) is 15.1. The Morgan fingerprint density at radius 3 is 2.61 bits per heavy atom. The molecule has 4 rings (SSSR count). The van der Waals surface area contributed by atoms with Crippen molar-refractivity contribution in [2.24, 2.45) is 16.8 Å². The molecular formula is C29H38N2. The fourth-order valence-corrected chi connectivity index (χ4v) is 5.70. The second kappa shape index (κ2) is 10.3. The lowest BCUT2D eigenvalue weighted by Crippen LogP contribution is -2.45. The molecule has 3 atom stereocenters. The number of rotatable bonds is 4. The molecule has 0 saturated heterocycles. The summed E-state index contributed by atoms with van der Waals surface area (Å²) in [4.78, 5) is 9.78. The van der Waals surface area contributed by atoms with Crippen LogP contribution < -0.4 is 0 Å². The molecule has 0 aliphatic heterocycles. The number of hydrogen-bond acceptors (Lipinski definition) is 2. The van der Waals surface area contributed by atoms with Gasteiger partial charge in [-0.15, -0.1) is 12.3 Å². The minimum absolute atomic E-state index is 0.280. The second-order valence-electron chi connectivity index (χ2n) is 9.03. The van der Waals surface area contributed by atoms with Crippen molar-refractivity contribution >= 4 is 5.71 Å². The van der Waals surface area contributed by atoms with Crippen molar-refractivity contribution in [2.45, 2.75) is 85.1 Å². The van der Waals surface area contributed by atoms with Crippen LogP contribution in [0, 0.1) is 24.2 Å². The number of aromatic nitrogens is 1. The van der Waals surface area contributed by atoms with Crippen LogP contribution in [0.25, 0.3) is 11.1 Å². The van der Waals surface area contributed by atoms with E-state index in [0.717, 1.165) is 18.6 Å². The van der Waals surface area contributed by atoms with E-state index in [2.05, 4.69) is 55.9 Å². The van der Waals surface area contributed by atoms with Crippen LogP contribution in [0.2, 0.25) is 0 Å². The Morgan fingerprint density at radius 2 is 1.90 bits per heavy atom. The molecule has 1 heterocycles. The minimum atomic E-state index is -0.280. The van der Waals surface area contributed by atoms with E-state index in [1.165, 1.54) is 53.5 Å². The number of aryl methyl sites for hydroxylation is 1. The SMILES string of the molecule is C#CCC1(N=C(C)C)c2cc(-c3cncc(CC)c3)ccc2C[C@@H]2CCCCC21.CC. The summed E-state index contributed by atoms with van der Waals surface area (Å²) in [6.45, 7) is 10.4. The molecule has 2 unspecified atom stereocenters. The van der Waals surface area contributed by atoms with E-state index in [4.69, 9.17) is 11.4 Å². The molecular weight excluding hydrogens is 376 g/mol. The van der Waals surface area contributed by atoms with Gasteiger partial charge in [-0.1, -0.05) is 45.7 Å². The van der Waals surface area contributed by atoms with Gasteiger partial charge in [0.05, 0.1) is 5.54 Å². The largest absolute Gasteiger partial charge is 0.282 e. The van der Waals surface area contributed by atoms with Crippen LogP contribution in [0.1, 0.15) is 83.4 Å². The molecule has 2 aliphatic rings. The fraction of sp³-hybridized carbons (Fsp3) is 0.517. The molecule has 0 amide bonds. The summed E-state index contributed by atoms with van der Waals surface area (Å²) in [5.74, 6) is 4.26. The first kappa shape index (κ1) is 23.3. The van der Waals surface area contributed by atoms with Crippen LogP contribution in [0.4, 0.5) is 0 Å². The summed E-state index contributed by atoms with van der Waals surface area (Å²) in [6.07, 6.45) is 17.9. The zero-order valence-electron chi connectivity index (χ0n) is 20.0. The average molecular weight is 415 g/mol. The fourth-order valence-electron chi connectivity index (χ4n) is 5.70. The van der Waals surface area contributed by atoms with Gasteiger partial charge in [-0.25, -0.2) is 0 Å². The maximum Gasteiger partial charge on any atom is 0.0997 e. The highest BCUT2D eigenvalue weighted by molar-refractivity contribution is 5.80. The van der Waals surface area contributed by atoms with Gasteiger partial charge in [-0.3, -0.25) is 9.98 Å². The smallest absolute Gasteiger partial charge is 0.0997 e. The first-order valence-corrected chi connectivity index (χ1v) is 12.1. The molecule has 1 saturated carbocycles. The van der Waals surface area contributed by atoms with Crippen molar-refractivity contribution in [3.05, 3.63) is 53.3 Å². The highest BCUT2D eigenvalue weighted by Gasteiger charge is 2.48. The van der Waals surface area contributed by atoms with Gasteiger partial charge in [0.1, 0.15) is 0 Å². The molecule has 0 bridgehead atoms. The Balaban J connectivity index is 0.00000132. The van der Waals surface area contributed by atoms with Crippen molar-refractivity contribution < 1.29 is 0 Å². The average Bonchev–Trinajstić information content (AvgIpc) is 2.80. The summed E-state index contributed by atoms with van der Waals surface area (Å²) in [6, 6.07) is 9.24. The third kappa shape index (κ3) is 4.62. The van der Waals surface area contributed by atoms with Crippen molar-refractivity contribution in [3.8, 4) is 23.5 Å². The predicted octanol–water partition coefficient (Wildman–Crippen LogP) is 7.40. The van der Waals surface area contributed by atoms with Crippen LogP contribution in [0.5, 0.6) is 0 Å². The maximum absolute atomic E-state index is 5.96. The van der Waals surface area contributed by atoms with Crippen molar-refractivity contribution in [1.29, 1.82) is 0 Å². The van der Waals surface area contributed by atoms with Gasteiger partial charge >= 0.3 is 0 Å². The molecule has 1 aromatic heterocycles. The number of benzene rings is 1. The highest BCUT2D eigenvalue weighted by Crippen LogP contribution is 2.53. The van der Waals surface area contributed by atoms with E-state index < -0.39 is 0 Å². The minimum Gasteiger partial charge on any atom is -0.282 e. The highest BCUT2D eigenvalue weighted by atomic mass is 14.9. The van der Waals surface area contributed by atoms with Crippen molar-refractivity contribution in [2.75, 3.05) is 0 Å². The van der Waals surface area contributed by atoms with Crippen LogP contribution in [0.3, 0.4) is 0 Å². The molecule has 164 valence electrons. The van der Waals surface area contributed by atoms with Gasteiger partial charge in [-0.2, -0.15) is 0 Å². The summed E-state index contributed by atoms with van der Waals surface area (Å²) < 4.78 is 0. The number of terminal acetylenes is 1. The Labute approximate surface area is 189 Å². The zero-order chi connectivity index (χ0) is 22.4. The number of aliphatic imine (C=N–C) groups is 1. The second-order valence-corrected chi connectivity index (χ2v) is 9.03. The third-order valence-corrected chi connectivity index (χ3v) is 6.91. The van der Waals surface area contributed by atoms with Crippen molar-refractivity contribution in [1.82, 2.24) is 4.98 Å². The van der Waals surface area contributed by atoms with Crippen LogP contribution in [-0.2, 0) is 18.4 Å². The number of pyridine rings is 1. The molecule has 1 fully saturated rings. The summed E-state index contributed by atoms with van der Waals surface area (Å²) in [7, 11) is 0. The maximum atomic E-state index is 5.96. The lowest BCUT2D eigenvalue weighted by molar-refractivity contribution is 0.117. The molecule has 2 nitrogen and oxygen atoms in total. The van der Waals surface area contributed by atoms with Gasteiger partial charge in [-0.05, 0) is 85.8 Å². The van der Waals surface area contributed by atoms with E-state index in [0.29, 0.717) is 18.3 Å². The van der Waals surface area contributed by atoms with E-state index >= 15 is 0 Å². The molecule has 0 spiro atoms. The van der Waals surface area contributed by atoms with E-state index in [1.54, 1.807) is 0 Å². The normalized spacial score (nSPS) is 24.0. The Bertz CT molecular complexity index is 961. The Morgan fingerprint density at radius 1 is 1.13 bits per heavy atom. The van der Waals surface area contributed by atoms with Gasteiger partial charge in [0.15, 0.2) is 0 Å². The number of fused-ring (bicyclic) bond motifs is 2. The third-order valence-electron chi connectivity index (χ3n) is 6.91. The first-order valence-electron chi connectivity index (χ1n) is 12.1.